The second kappa shape index (κ2) is 5.60. The van der Waals surface area contributed by atoms with E-state index in [4.69, 9.17) is 5.73 Å². The van der Waals surface area contributed by atoms with E-state index in [1.165, 1.54) is 6.07 Å². The fourth-order valence-electron chi connectivity index (χ4n) is 1.99. The molecule has 88 valence electrons. The quantitative estimate of drug-likeness (QED) is 0.857. The summed E-state index contributed by atoms with van der Waals surface area (Å²) in [5.74, 6) is -0.139. The highest BCUT2D eigenvalue weighted by atomic mass is 19.1. The highest BCUT2D eigenvalue weighted by Gasteiger charge is 2.08. The van der Waals surface area contributed by atoms with Crippen molar-refractivity contribution < 1.29 is 4.39 Å². The Balaban J connectivity index is 2.31. The van der Waals surface area contributed by atoms with Crippen LogP contribution in [0.3, 0.4) is 0 Å². The number of benzene rings is 2. The molecule has 0 heterocycles. The first kappa shape index (κ1) is 11.8. The molecule has 0 bridgehead atoms. The van der Waals surface area contributed by atoms with E-state index in [1.807, 2.05) is 36.4 Å². The lowest BCUT2D eigenvalue weighted by molar-refractivity contribution is 0.610. The molecule has 0 spiro atoms. The van der Waals surface area contributed by atoms with Crippen molar-refractivity contribution in [2.75, 3.05) is 6.54 Å². The van der Waals surface area contributed by atoms with Gasteiger partial charge in [-0.2, -0.15) is 0 Å². The molecule has 0 aliphatic heterocycles. The van der Waals surface area contributed by atoms with Gasteiger partial charge in [-0.15, -0.1) is 0 Å². The maximum atomic E-state index is 13.8. The third-order valence-electron chi connectivity index (χ3n) is 2.85. The van der Waals surface area contributed by atoms with Crippen LogP contribution in [0.25, 0.3) is 0 Å². The maximum absolute atomic E-state index is 13.8. The van der Waals surface area contributed by atoms with Gasteiger partial charge in [-0.25, -0.2) is 4.39 Å². The molecule has 0 aromatic heterocycles. The molecule has 0 saturated heterocycles. The van der Waals surface area contributed by atoms with E-state index in [0.29, 0.717) is 13.0 Å². The molecular weight excluding hydrogens is 213 g/mol. The van der Waals surface area contributed by atoms with Crippen LogP contribution >= 0.6 is 0 Å². The number of rotatable bonds is 4. The van der Waals surface area contributed by atoms with E-state index in [-0.39, 0.29) is 5.82 Å². The Morgan fingerprint density at radius 3 is 2.41 bits per heavy atom. The highest BCUT2D eigenvalue weighted by molar-refractivity contribution is 5.34. The summed E-state index contributed by atoms with van der Waals surface area (Å²) in [5, 5.41) is 0. The zero-order valence-corrected chi connectivity index (χ0v) is 9.70. The zero-order chi connectivity index (χ0) is 12.1. The summed E-state index contributed by atoms with van der Waals surface area (Å²) in [6, 6.07) is 15.1. The molecule has 2 aromatic rings. The van der Waals surface area contributed by atoms with Crippen molar-refractivity contribution >= 4 is 0 Å². The highest BCUT2D eigenvalue weighted by Crippen LogP contribution is 2.18. The Bertz CT molecular complexity index is 480. The maximum Gasteiger partial charge on any atom is 0.127 e. The van der Waals surface area contributed by atoms with E-state index in [9.17, 15) is 4.39 Å². The first-order valence-electron chi connectivity index (χ1n) is 5.81. The molecule has 0 amide bonds. The average Bonchev–Trinajstić information content (AvgIpc) is 2.35. The number of hydrogen-bond acceptors (Lipinski definition) is 1. The monoisotopic (exact) mass is 229 g/mol. The van der Waals surface area contributed by atoms with Crippen LogP contribution < -0.4 is 5.73 Å². The molecule has 0 radical (unpaired) electrons. The number of nitrogens with two attached hydrogens (primary N) is 1. The number of halogens is 1. The minimum absolute atomic E-state index is 0.139. The third-order valence-corrected chi connectivity index (χ3v) is 2.85. The smallest absolute Gasteiger partial charge is 0.127 e. The molecule has 0 aliphatic carbocycles. The van der Waals surface area contributed by atoms with Gasteiger partial charge in [0.25, 0.3) is 0 Å². The summed E-state index contributed by atoms with van der Waals surface area (Å²) in [6.45, 7) is 0.547. The molecule has 0 aliphatic rings. The molecule has 0 saturated carbocycles. The predicted octanol–water partition coefficient (Wildman–Crippen LogP) is 2.92. The third kappa shape index (κ3) is 2.92. The number of hydrogen-bond donors (Lipinski definition) is 1. The van der Waals surface area contributed by atoms with Crippen molar-refractivity contribution in [2.24, 2.45) is 5.73 Å². The van der Waals surface area contributed by atoms with Crippen LogP contribution in [0.15, 0.2) is 48.5 Å². The first-order valence-corrected chi connectivity index (χ1v) is 5.81. The molecule has 0 fully saturated rings. The van der Waals surface area contributed by atoms with Gasteiger partial charge in [-0.3, -0.25) is 0 Å². The summed E-state index contributed by atoms with van der Waals surface area (Å²) >= 11 is 0. The Morgan fingerprint density at radius 2 is 1.71 bits per heavy atom. The van der Waals surface area contributed by atoms with E-state index in [2.05, 4.69) is 0 Å². The SMILES string of the molecule is NCCc1cccc(F)c1Cc1ccccc1. The van der Waals surface area contributed by atoms with Crippen molar-refractivity contribution in [1.29, 1.82) is 0 Å². The molecule has 2 N–H and O–H groups in total. The van der Waals surface area contributed by atoms with Gasteiger partial charge < -0.3 is 5.73 Å². The predicted molar refractivity (Wildman–Crippen MR) is 68.4 cm³/mol. The van der Waals surface area contributed by atoms with Crippen LogP contribution in [0.1, 0.15) is 16.7 Å². The molecule has 2 aromatic carbocycles. The van der Waals surface area contributed by atoms with Crippen LogP contribution in [0.5, 0.6) is 0 Å². The van der Waals surface area contributed by atoms with E-state index >= 15 is 0 Å². The van der Waals surface area contributed by atoms with Crippen molar-refractivity contribution in [1.82, 2.24) is 0 Å². The molecule has 1 nitrogen and oxygen atoms in total. The van der Waals surface area contributed by atoms with Gasteiger partial charge >= 0.3 is 0 Å². The minimum Gasteiger partial charge on any atom is -0.330 e. The lowest BCUT2D eigenvalue weighted by Crippen LogP contribution is -2.07. The van der Waals surface area contributed by atoms with Gasteiger partial charge in [0.2, 0.25) is 0 Å². The molecular formula is C15H16FN. The van der Waals surface area contributed by atoms with Crippen LogP contribution in [0, 0.1) is 5.82 Å². The molecule has 2 heteroatoms. The molecule has 0 unspecified atom stereocenters. The molecule has 2 rings (SSSR count). The fourth-order valence-corrected chi connectivity index (χ4v) is 1.99. The normalized spacial score (nSPS) is 10.5. The summed E-state index contributed by atoms with van der Waals surface area (Å²) in [5.41, 5.74) is 8.45. The summed E-state index contributed by atoms with van der Waals surface area (Å²) in [7, 11) is 0. The average molecular weight is 229 g/mol. The van der Waals surface area contributed by atoms with Gasteiger partial charge in [-0.1, -0.05) is 42.5 Å². The summed E-state index contributed by atoms with van der Waals surface area (Å²) < 4.78 is 13.8. The van der Waals surface area contributed by atoms with Gasteiger partial charge in [0.15, 0.2) is 0 Å². The summed E-state index contributed by atoms with van der Waals surface area (Å²) in [4.78, 5) is 0. The Kier molecular flexibility index (Phi) is 3.89. The Hall–Kier alpha value is -1.67. The fraction of sp³-hybridized carbons (Fsp3) is 0.200. The summed E-state index contributed by atoms with van der Waals surface area (Å²) in [6.07, 6.45) is 1.35. The second-order valence-corrected chi connectivity index (χ2v) is 4.08. The van der Waals surface area contributed by atoms with E-state index in [0.717, 1.165) is 23.1 Å². The van der Waals surface area contributed by atoms with Crippen LogP contribution in [-0.4, -0.2) is 6.54 Å². The van der Waals surface area contributed by atoms with Gasteiger partial charge in [-0.05, 0) is 35.7 Å². The second-order valence-electron chi connectivity index (χ2n) is 4.08. The lowest BCUT2D eigenvalue weighted by atomic mass is 9.97. The Labute approximate surface area is 101 Å². The first-order chi connectivity index (χ1) is 8.31. The molecule has 0 atom stereocenters. The van der Waals surface area contributed by atoms with Crippen molar-refractivity contribution in [3.8, 4) is 0 Å². The minimum atomic E-state index is -0.139. The van der Waals surface area contributed by atoms with Gasteiger partial charge in [0, 0.05) is 6.42 Å². The van der Waals surface area contributed by atoms with Gasteiger partial charge in [0.1, 0.15) is 5.82 Å². The largest absolute Gasteiger partial charge is 0.330 e. The lowest BCUT2D eigenvalue weighted by Gasteiger charge is -2.10. The van der Waals surface area contributed by atoms with Crippen molar-refractivity contribution in [3.05, 3.63) is 71.0 Å². The van der Waals surface area contributed by atoms with Crippen LogP contribution in [-0.2, 0) is 12.8 Å². The van der Waals surface area contributed by atoms with Crippen molar-refractivity contribution in [2.45, 2.75) is 12.8 Å². The topological polar surface area (TPSA) is 26.0 Å². The van der Waals surface area contributed by atoms with E-state index in [1.54, 1.807) is 6.07 Å². The van der Waals surface area contributed by atoms with E-state index < -0.39 is 0 Å². The van der Waals surface area contributed by atoms with Gasteiger partial charge in [0.05, 0.1) is 0 Å². The zero-order valence-electron chi connectivity index (χ0n) is 9.70. The van der Waals surface area contributed by atoms with Crippen molar-refractivity contribution in [3.63, 3.8) is 0 Å². The Morgan fingerprint density at radius 1 is 0.941 bits per heavy atom. The standard InChI is InChI=1S/C15H16FN/c16-15-8-4-7-13(9-10-17)14(15)11-12-5-2-1-3-6-12/h1-8H,9-11,17H2. The van der Waals surface area contributed by atoms with Crippen LogP contribution in [0.4, 0.5) is 4.39 Å². The molecule has 17 heavy (non-hydrogen) atoms. The van der Waals surface area contributed by atoms with Crippen LogP contribution in [0.2, 0.25) is 0 Å².